The van der Waals surface area contributed by atoms with Gasteiger partial charge in [-0.05, 0) is 48.5 Å². The maximum absolute atomic E-state index is 12.3. The summed E-state index contributed by atoms with van der Waals surface area (Å²) >= 11 is 0. The first-order valence-electron chi connectivity index (χ1n) is 8.92. The summed E-state index contributed by atoms with van der Waals surface area (Å²) in [6, 6.07) is 18.4. The fourth-order valence-corrected chi connectivity index (χ4v) is 3.07. The Morgan fingerprint density at radius 2 is 1.79 bits per heavy atom. The molecule has 4 rings (SSSR count). The third-order valence-corrected chi connectivity index (χ3v) is 4.62. The number of nitrogens with one attached hydrogen (secondary N) is 2. The summed E-state index contributed by atoms with van der Waals surface area (Å²) < 4.78 is 5.21. The molecule has 7 heteroatoms. The standard InChI is InChI=1S/C21H20N4O3/c1-24-18-6-2-3-7-19(18)25(14-20(24)26)23-16-10-8-15(9-11-16)21(27)22-13-17-5-4-12-28-17/h2-12,23H,13-14H2,1H3,(H,22,27). The van der Waals surface area contributed by atoms with Crippen LogP contribution in [0.1, 0.15) is 16.1 Å². The second-order valence-corrected chi connectivity index (χ2v) is 6.48. The maximum Gasteiger partial charge on any atom is 0.251 e. The van der Waals surface area contributed by atoms with Crippen molar-refractivity contribution in [3.8, 4) is 0 Å². The van der Waals surface area contributed by atoms with E-state index in [2.05, 4.69) is 10.7 Å². The lowest BCUT2D eigenvalue weighted by molar-refractivity contribution is -0.117. The van der Waals surface area contributed by atoms with Crippen molar-refractivity contribution in [1.82, 2.24) is 5.32 Å². The number of anilines is 3. The topological polar surface area (TPSA) is 77.8 Å². The van der Waals surface area contributed by atoms with E-state index in [1.165, 1.54) is 0 Å². The first-order valence-corrected chi connectivity index (χ1v) is 8.92. The zero-order chi connectivity index (χ0) is 19.5. The van der Waals surface area contributed by atoms with Gasteiger partial charge in [-0.25, -0.2) is 0 Å². The Bertz CT molecular complexity index is 983. The molecule has 142 valence electrons. The molecule has 0 radical (unpaired) electrons. The number of hydrogen-bond donors (Lipinski definition) is 2. The van der Waals surface area contributed by atoms with Gasteiger partial charge in [0.15, 0.2) is 0 Å². The normalized spacial score (nSPS) is 13.2. The van der Waals surface area contributed by atoms with Crippen LogP contribution < -0.4 is 20.7 Å². The van der Waals surface area contributed by atoms with Crippen molar-refractivity contribution in [1.29, 1.82) is 0 Å². The number of hydrazine groups is 1. The van der Waals surface area contributed by atoms with Gasteiger partial charge in [-0.15, -0.1) is 0 Å². The molecule has 1 aliphatic rings. The molecule has 7 nitrogen and oxygen atoms in total. The summed E-state index contributed by atoms with van der Waals surface area (Å²) in [5.74, 6) is 0.522. The molecule has 0 spiro atoms. The van der Waals surface area contributed by atoms with Gasteiger partial charge in [-0.3, -0.25) is 20.0 Å². The molecule has 2 N–H and O–H groups in total. The summed E-state index contributed by atoms with van der Waals surface area (Å²) in [6.45, 7) is 0.560. The van der Waals surface area contributed by atoms with Gasteiger partial charge >= 0.3 is 0 Å². The summed E-state index contributed by atoms with van der Waals surface area (Å²) in [5, 5.41) is 4.62. The number of furan rings is 1. The predicted octanol–water partition coefficient (Wildman–Crippen LogP) is 3.02. The molecule has 3 aromatic rings. The van der Waals surface area contributed by atoms with Crippen LogP contribution in [-0.2, 0) is 11.3 Å². The number of nitrogens with zero attached hydrogens (tertiary/aromatic N) is 2. The Morgan fingerprint density at radius 1 is 1.04 bits per heavy atom. The second-order valence-electron chi connectivity index (χ2n) is 6.48. The van der Waals surface area contributed by atoms with Gasteiger partial charge in [-0.2, -0.15) is 0 Å². The second kappa shape index (κ2) is 7.48. The maximum atomic E-state index is 12.3. The summed E-state index contributed by atoms with van der Waals surface area (Å²) in [6.07, 6.45) is 1.57. The number of benzene rings is 2. The minimum Gasteiger partial charge on any atom is -0.467 e. The van der Waals surface area contributed by atoms with E-state index in [0.29, 0.717) is 17.9 Å². The fraction of sp³-hybridized carbons (Fsp3) is 0.143. The van der Waals surface area contributed by atoms with Crippen molar-refractivity contribution < 1.29 is 14.0 Å². The molecule has 0 fully saturated rings. The third-order valence-electron chi connectivity index (χ3n) is 4.62. The lowest BCUT2D eigenvalue weighted by Crippen LogP contribution is -2.46. The molecule has 2 heterocycles. The molecular weight excluding hydrogens is 356 g/mol. The lowest BCUT2D eigenvalue weighted by Gasteiger charge is -2.35. The number of carbonyl (C=O) groups is 2. The molecule has 1 aromatic heterocycles. The Kier molecular flexibility index (Phi) is 4.72. The van der Waals surface area contributed by atoms with E-state index in [-0.39, 0.29) is 18.4 Å². The number of fused-ring (bicyclic) bond motifs is 1. The zero-order valence-corrected chi connectivity index (χ0v) is 15.4. The largest absolute Gasteiger partial charge is 0.467 e. The Morgan fingerprint density at radius 3 is 2.50 bits per heavy atom. The van der Waals surface area contributed by atoms with E-state index < -0.39 is 0 Å². The molecule has 0 saturated heterocycles. The summed E-state index contributed by atoms with van der Waals surface area (Å²) in [4.78, 5) is 26.2. The molecular formula is C21H20N4O3. The highest BCUT2D eigenvalue weighted by molar-refractivity contribution is 6.03. The fourth-order valence-electron chi connectivity index (χ4n) is 3.07. The molecule has 0 saturated carbocycles. The number of rotatable bonds is 5. The van der Waals surface area contributed by atoms with E-state index >= 15 is 0 Å². The molecule has 0 aliphatic carbocycles. The van der Waals surface area contributed by atoms with Gasteiger partial charge in [0.1, 0.15) is 12.3 Å². The van der Waals surface area contributed by atoms with Gasteiger partial charge in [0.25, 0.3) is 5.91 Å². The van der Waals surface area contributed by atoms with Crippen molar-refractivity contribution in [2.75, 3.05) is 28.9 Å². The molecule has 0 bridgehead atoms. The van der Waals surface area contributed by atoms with Crippen LogP contribution in [0.4, 0.5) is 17.1 Å². The van der Waals surface area contributed by atoms with Gasteiger partial charge in [-0.1, -0.05) is 12.1 Å². The number of para-hydroxylation sites is 2. The average Bonchev–Trinajstić information content (AvgIpc) is 3.24. The highest BCUT2D eigenvalue weighted by Crippen LogP contribution is 2.32. The molecule has 0 atom stereocenters. The monoisotopic (exact) mass is 376 g/mol. The van der Waals surface area contributed by atoms with Crippen LogP contribution in [0.2, 0.25) is 0 Å². The van der Waals surface area contributed by atoms with Crippen LogP contribution in [0.15, 0.2) is 71.3 Å². The van der Waals surface area contributed by atoms with E-state index in [4.69, 9.17) is 4.42 Å². The molecule has 28 heavy (non-hydrogen) atoms. The van der Waals surface area contributed by atoms with Gasteiger partial charge < -0.3 is 14.6 Å². The van der Waals surface area contributed by atoms with Crippen molar-refractivity contribution in [2.45, 2.75) is 6.54 Å². The van der Waals surface area contributed by atoms with Crippen molar-refractivity contribution in [3.05, 3.63) is 78.3 Å². The number of likely N-dealkylation sites (N-methyl/N-ethyl adjacent to an activating group) is 1. The SMILES string of the molecule is CN1C(=O)CN(Nc2ccc(C(=O)NCc3ccco3)cc2)c2ccccc21. The first kappa shape index (κ1) is 17.7. The van der Waals surface area contributed by atoms with E-state index in [1.54, 1.807) is 36.4 Å². The minimum atomic E-state index is -0.178. The Balaban J connectivity index is 1.44. The first-order chi connectivity index (χ1) is 13.6. The molecule has 2 amide bonds. The summed E-state index contributed by atoms with van der Waals surface area (Å²) in [7, 11) is 1.77. The Labute approximate surface area is 162 Å². The van der Waals surface area contributed by atoms with Crippen molar-refractivity contribution in [2.24, 2.45) is 0 Å². The molecule has 1 aliphatic heterocycles. The van der Waals surface area contributed by atoms with Crippen LogP contribution in [0.25, 0.3) is 0 Å². The lowest BCUT2D eigenvalue weighted by atomic mass is 10.2. The van der Waals surface area contributed by atoms with Gasteiger partial charge in [0.05, 0.1) is 29.9 Å². The highest BCUT2D eigenvalue weighted by atomic mass is 16.3. The number of carbonyl (C=O) groups excluding carboxylic acids is 2. The number of amides is 2. The van der Waals surface area contributed by atoms with Crippen LogP contribution in [0.3, 0.4) is 0 Å². The number of hydrogen-bond acceptors (Lipinski definition) is 5. The van der Waals surface area contributed by atoms with Gasteiger partial charge in [0, 0.05) is 12.6 Å². The van der Waals surface area contributed by atoms with E-state index in [1.807, 2.05) is 47.5 Å². The van der Waals surface area contributed by atoms with Crippen molar-refractivity contribution in [3.63, 3.8) is 0 Å². The predicted molar refractivity (Wildman–Crippen MR) is 107 cm³/mol. The van der Waals surface area contributed by atoms with E-state index in [0.717, 1.165) is 17.1 Å². The third kappa shape index (κ3) is 3.55. The molecule has 2 aromatic carbocycles. The van der Waals surface area contributed by atoms with Crippen LogP contribution in [0.5, 0.6) is 0 Å². The van der Waals surface area contributed by atoms with Crippen LogP contribution in [0, 0.1) is 0 Å². The Hall–Kier alpha value is -3.74. The van der Waals surface area contributed by atoms with Gasteiger partial charge in [0.2, 0.25) is 5.91 Å². The highest BCUT2D eigenvalue weighted by Gasteiger charge is 2.26. The van der Waals surface area contributed by atoms with Crippen molar-refractivity contribution >= 4 is 28.9 Å². The van der Waals surface area contributed by atoms with Crippen LogP contribution >= 0.6 is 0 Å². The summed E-state index contributed by atoms with van der Waals surface area (Å²) in [5.41, 5.74) is 6.35. The minimum absolute atomic E-state index is 0.000115. The zero-order valence-electron chi connectivity index (χ0n) is 15.4. The average molecular weight is 376 g/mol. The quantitative estimate of drug-likeness (QED) is 0.716. The van der Waals surface area contributed by atoms with E-state index in [9.17, 15) is 9.59 Å². The smallest absolute Gasteiger partial charge is 0.251 e. The molecule has 0 unspecified atom stereocenters. The van der Waals surface area contributed by atoms with Crippen LogP contribution in [-0.4, -0.2) is 25.4 Å².